The van der Waals surface area contributed by atoms with E-state index < -0.39 is 11.9 Å². The minimum Gasteiger partial charge on any atom is -0.481 e. The topological polar surface area (TPSA) is 54.6 Å². The molecular formula is C12H14N2O2. The Kier molecular flexibility index (Phi) is 2.64. The summed E-state index contributed by atoms with van der Waals surface area (Å²) in [5, 5.41) is 13.2. The second-order valence-corrected chi connectivity index (χ2v) is 4.08. The van der Waals surface area contributed by atoms with Crippen LogP contribution in [0.15, 0.2) is 24.3 Å². The average Bonchev–Trinajstić information content (AvgIpc) is 2.59. The molecule has 0 aliphatic rings. The van der Waals surface area contributed by atoms with E-state index in [1.54, 1.807) is 6.92 Å². The van der Waals surface area contributed by atoms with Gasteiger partial charge in [-0.05, 0) is 25.1 Å². The third kappa shape index (κ3) is 1.91. The molecule has 0 spiro atoms. The number of hydrogen-bond donors (Lipinski definition) is 1. The molecule has 16 heavy (non-hydrogen) atoms. The van der Waals surface area contributed by atoms with Crippen LogP contribution < -0.4 is 0 Å². The van der Waals surface area contributed by atoms with Crippen molar-refractivity contribution >= 4 is 11.5 Å². The number of pyridine rings is 1. The molecule has 0 fully saturated rings. The predicted octanol–water partition coefficient (Wildman–Crippen LogP) is 1.91. The summed E-state index contributed by atoms with van der Waals surface area (Å²) in [7, 11) is 0. The smallest absolute Gasteiger partial charge is 0.306 e. The average molecular weight is 218 g/mol. The molecule has 1 unspecified atom stereocenters. The molecule has 2 rings (SSSR count). The highest BCUT2D eigenvalue weighted by molar-refractivity contribution is 5.69. The third-order valence-electron chi connectivity index (χ3n) is 2.62. The summed E-state index contributed by atoms with van der Waals surface area (Å²) in [5.74, 6) is -1.17. The van der Waals surface area contributed by atoms with Gasteiger partial charge in [-0.3, -0.25) is 4.79 Å². The number of carboxylic acid groups (broad SMARTS) is 1. The van der Waals surface area contributed by atoms with Crippen molar-refractivity contribution < 1.29 is 9.90 Å². The van der Waals surface area contributed by atoms with Crippen molar-refractivity contribution in [1.29, 1.82) is 0 Å². The summed E-state index contributed by atoms with van der Waals surface area (Å²) >= 11 is 0. The Labute approximate surface area is 93.5 Å². The summed E-state index contributed by atoms with van der Waals surface area (Å²) in [6.07, 6.45) is 0.494. The maximum atomic E-state index is 10.8. The number of carboxylic acids is 1. The lowest BCUT2D eigenvalue weighted by Gasteiger charge is -2.07. The molecule has 84 valence electrons. The molecule has 0 radical (unpaired) electrons. The maximum Gasteiger partial charge on any atom is 0.306 e. The lowest BCUT2D eigenvalue weighted by atomic mass is 10.1. The van der Waals surface area contributed by atoms with Crippen LogP contribution in [0, 0.1) is 12.8 Å². The van der Waals surface area contributed by atoms with Gasteiger partial charge < -0.3 is 5.11 Å². The van der Waals surface area contributed by atoms with Gasteiger partial charge in [0, 0.05) is 12.1 Å². The predicted molar refractivity (Wildman–Crippen MR) is 60.4 cm³/mol. The zero-order chi connectivity index (χ0) is 11.7. The summed E-state index contributed by atoms with van der Waals surface area (Å²) < 4.78 is 1.81. The Morgan fingerprint density at radius 3 is 3.00 bits per heavy atom. The van der Waals surface area contributed by atoms with Crippen LogP contribution in [0.1, 0.15) is 18.3 Å². The first kappa shape index (κ1) is 10.7. The number of aromatic nitrogens is 2. The van der Waals surface area contributed by atoms with Crippen molar-refractivity contribution in [1.82, 2.24) is 9.61 Å². The van der Waals surface area contributed by atoms with Gasteiger partial charge in [0.15, 0.2) is 0 Å². The third-order valence-corrected chi connectivity index (χ3v) is 2.62. The Balaban J connectivity index is 2.40. The van der Waals surface area contributed by atoms with Crippen molar-refractivity contribution in [2.45, 2.75) is 20.3 Å². The number of hydrogen-bond acceptors (Lipinski definition) is 2. The van der Waals surface area contributed by atoms with Crippen molar-refractivity contribution in [3.8, 4) is 0 Å². The maximum absolute atomic E-state index is 10.8. The Morgan fingerprint density at radius 1 is 1.56 bits per heavy atom. The molecule has 0 amide bonds. The van der Waals surface area contributed by atoms with Gasteiger partial charge in [0.25, 0.3) is 0 Å². The van der Waals surface area contributed by atoms with E-state index in [0.717, 1.165) is 16.9 Å². The number of rotatable bonds is 3. The second-order valence-electron chi connectivity index (χ2n) is 4.08. The lowest BCUT2D eigenvalue weighted by molar-refractivity contribution is -0.141. The molecule has 2 aromatic rings. The van der Waals surface area contributed by atoms with Crippen molar-refractivity contribution in [3.05, 3.63) is 35.7 Å². The largest absolute Gasteiger partial charge is 0.481 e. The highest BCUT2D eigenvalue weighted by Crippen LogP contribution is 2.13. The number of nitrogens with zero attached hydrogens (tertiary/aromatic N) is 2. The molecule has 2 heterocycles. The van der Waals surface area contributed by atoms with Gasteiger partial charge in [0.1, 0.15) is 0 Å². The van der Waals surface area contributed by atoms with E-state index in [0.29, 0.717) is 6.42 Å². The molecule has 0 aliphatic heterocycles. The fourth-order valence-corrected chi connectivity index (χ4v) is 1.75. The van der Waals surface area contributed by atoms with E-state index in [1.807, 2.05) is 35.7 Å². The lowest BCUT2D eigenvalue weighted by Crippen LogP contribution is -2.14. The molecule has 0 saturated heterocycles. The molecule has 0 aromatic carbocycles. The van der Waals surface area contributed by atoms with Gasteiger partial charge >= 0.3 is 5.97 Å². The number of carbonyl (C=O) groups is 1. The molecule has 1 N–H and O–H groups in total. The van der Waals surface area contributed by atoms with Gasteiger partial charge in [0.05, 0.1) is 17.1 Å². The van der Waals surface area contributed by atoms with Crippen LogP contribution in [0.3, 0.4) is 0 Å². The standard InChI is InChI=1S/C12H14N2O2/c1-8(12(15)16)6-10-4-3-5-11-7-9(2)13-14(10)11/h3-5,7-8H,6H2,1-2H3,(H,15,16). The van der Waals surface area contributed by atoms with Crippen LogP contribution >= 0.6 is 0 Å². The zero-order valence-electron chi connectivity index (χ0n) is 9.34. The summed E-state index contributed by atoms with van der Waals surface area (Å²) in [6, 6.07) is 7.79. The van der Waals surface area contributed by atoms with Gasteiger partial charge in [-0.25, -0.2) is 4.52 Å². The Hall–Kier alpha value is -1.84. The number of aliphatic carboxylic acids is 1. The van der Waals surface area contributed by atoms with Crippen molar-refractivity contribution in [2.75, 3.05) is 0 Å². The first-order valence-corrected chi connectivity index (χ1v) is 5.25. The Bertz CT molecular complexity index is 531. The van der Waals surface area contributed by atoms with Crippen LogP contribution in [0.25, 0.3) is 5.52 Å². The van der Waals surface area contributed by atoms with Crippen LogP contribution in [-0.2, 0) is 11.2 Å². The van der Waals surface area contributed by atoms with Gasteiger partial charge in [-0.15, -0.1) is 0 Å². The quantitative estimate of drug-likeness (QED) is 0.856. The molecule has 0 bridgehead atoms. The van der Waals surface area contributed by atoms with E-state index in [4.69, 9.17) is 5.11 Å². The zero-order valence-corrected chi connectivity index (χ0v) is 9.34. The van der Waals surface area contributed by atoms with Crippen LogP contribution in [-0.4, -0.2) is 20.7 Å². The Morgan fingerprint density at radius 2 is 2.31 bits per heavy atom. The van der Waals surface area contributed by atoms with Crippen molar-refractivity contribution in [2.24, 2.45) is 5.92 Å². The minimum absolute atomic E-state index is 0.393. The van der Waals surface area contributed by atoms with Crippen molar-refractivity contribution in [3.63, 3.8) is 0 Å². The highest BCUT2D eigenvalue weighted by atomic mass is 16.4. The number of fused-ring (bicyclic) bond motifs is 1. The summed E-state index contributed by atoms with van der Waals surface area (Å²) in [5.41, 5.74) is 2.88. The van der Waals surface area contributed by atoms with Crippen LogP contribution in [0.4, 0.5) is 0 Å². The molecule has 4 nitrogen and oxygen atoms in total. The van der Waals surface area contributed by atoms with E-state index in [-0.39, 0.29) is 0 Å². The fourth-order valence-electron chi connectivity index (χ4n) is 1.75. The van der Waals surface area contributed by atoms with E-state index in [2.05, 4.69) is 5.10 Å². The molecule has 0 saturated carbocycles. The molecule has 1 atom stereocenters. The van der Waals surface area contributed by atoms with E-state index in [1.165, 1.54) is 0 Å². The van der Waals surface area contributed by atoms with Crippen LogP contribution in [0.2, 0.25) is 0 Å². The molecule has 2 aromatic heterocycles. The molecular weight excluding hydrogens is 204 g/mol. The van der Waals surface area contributed by atoms with Gasteiger partial charge in [0.2, 0.25) is 0 Å². The highest BCUT2D eigenvalue weighted by Gasteiger charge is 2.13. The number of aryl methyl sites for hydroxylation is 1. The summed E-state index contributed by atoms with van der Waals surface area (Å²) in [4.78, 5) is 10.8. The fraction of sp³-hybridized carbons (Fsp3) is 0.333. The normalized spacial score (nSPS) is 12.9. The van der Waals surface area contributed by atoms with Gasteiger partial charge in [-0.1, -0.05) is 13.0 Å². The molecule has 4 heteroatoms. The SMILES string of the molecule is Cc1cc2cccc(CC(C)C(=O)O)n2n1. The van der Waals surface area contributed by atoms with Gasteiger partial charge in [-0.2, -0.15) is 5.10 Å². The second kappa shape index (κ2) is 3.96. The monoisotopic (exact) mass is 218 g/mol. The molecule has 0 aliphatic carbocycles. The first-order chi connectivity index (χ1) is 7.58. The summed E-state index contributed by atoms with van der Waals surface area (Å²) in [6.45, 7) is 3.63. The first-order valence-electron chi connectivity index (χ1n) is 5.25. The van der Waals surface area contributed by atoms with E-state index in [9.17, 15) is 4.79 Å². The van der Waals surface area contributed by atoms with Crippen LogP contribution in [0.5, 0.6) is 0 Å². The van der Waals surface area contributed by atoms with E-state index >= 15 is 0 Å². The minimum atomic E-state index is -0.777.